The molecule has 106 valence electrons. The van der Waals surface area contributed by atoms with Crippen molar-refractivity contribution >= 4 is 29.0 Å². The van der Waals surface area contributed by atoms with E-state index >= 15 is 0 Å². The molecule has 0 fully saturated rings. The van der Waals surface area contributed by atoms with E-state index in [0.717, 1.165) is 12.1 Å². The number of benzene rings is 1. The third-order valence-electron chi connectivity index (χ3n) is 3.23. The molecule has 0 bridgehead atoms. The van der Waals surface area contributed by atoms with Crippen molar-refractivity contribution in [3.05, 3.63) is 39.5 Å². The maximum Gasteiger partial charge on any atom is 0.416 e. The third-order valence-corrected chi connectivity index (χ3v) is 3.71. The Kier molecular flexibility index (Phi) is 3.33. The highest BCUT2D eigenvalue weighted by molar-refractivity contribution is 7.71. The number of pyridine rings is 1. The van der Waals surface area contributed by atoms with Gasteiger partial charge in [0.05, 0.1) is 11.1 Å². The highest BCUT2D eigenvalue weighted by Crippen LogP contribution is 2.32. The fourth-order valence-corrected chi connectivity index (χ4v) is 2.52. The second-order valence-electron chi connectivity index (χ2n) is 4.46. The minimum absolute atomic E-state index is 0.127. The van der Waals surface area contributed by atoms with Crippen LogP contribution in [0.3, 0.4) is 0 Å². The number of primary amides is 1. The van der Waals surface area contributed by atoms with Crippen LogP contribution in [0.5, 0.6) is 0 Å². The molecule has 0 unspecified atom stereocenters. The summed E-state index contributed by atoms with van der Waals surface area (Å²) in [6.45, 7) is 1.62. The third kappa shape index (κ3) is 2.18. The molecule has 3 nitrogen and oxygen atoms in total. The average Bonchev–Trinajstić information content (AvgIpc) is 2.34. The lowest BCUT2D eigenvalue weighted by molar-refractivity contribution is -0.137. The zero-order chi connectivity index (χ0) is 15.2. The molecular formula is C13H11F3N2OS. The fraction of sp³-hybridized carbons (Fsp3) is 0.231. The van der Waals surface area contributed by atoms with E-state index in [1.54, 1.807) is 6.92 Å². The van der Waals surface area contributed by atoms with E-state index in [4.69, 9.17) is 18.0 Å². The van der Waals surface area contributed by atoms with Crippen LogP contribution in [0.25, 0.3) is 10.9 Å². The summed E-state index contributed by atoms with van der Waals surface area (Å²) in [6, 6.07) is 3.32. The monoisotopic (exact) mass is 300 g/mol. The number of fused-ring (bicyclic) bond motifs is 1. The normalized spacial score (nSPS) is 11.8. The molecule has 1 aromatic carbocycles. The van der Waals surface area contributed by atoms with Crippen LogP contribution in [0.1, 0.15) is 21.5 Å². The van der Waals surface area contributed by atoms with Crippen LogP contribution in [0.15, 0.2) is 18.2 Å². The smallest absolute Gasteiger partial charge is 0.365 e. The van der Waals surface area contributed by atoms with E-state index in [0.29, 0.717) is 16.5 Å². The molecule has 0 saturated carbocycles. The van der Waals surface area contributed by atoms with Gasteiger partial charge in [0, 0.05) is 18.0 Å². The molecular weight excluding hydrogens is 289 g/mol. The summed E-state index contributed by atoms with van der Waals surface area (Å²) < 4.78 is 39.7. The number of aromatic nitrogens is 1. The van der Waals surface area contributed by atoms with Gasteiger partial charge in [0.1, 0.15) is 4.64 Å². The Bertz CT molecular complexity index is 778. The Hall–Kier alpha value is -1.89. The van der Waals surface area contributed by atoms with Crippen molar-refractivity contribution in [2.45, 2.75) is 13.1 Å². The number of nitrogens with two attached hydrogens (primary N) is 1. The number of carbonyl (C=O) groups excluding carboxylic acids is 1. The molecule has 0 aliphatic heterocycles. The summed E-state index contributed by atoms with van der Waals surface area (Å²) in [7, 11) is 1.51. The van der Waals surface area contributed by atoms with Gasteiger partial charge in [-0.05, 0) is 24.6 Å². The first kappa shape index (κ1) is 14.5. The number of carbonyl (C=O) groups is 1. The number of nitrogens with zero attached hydrogens (tertiary/aromatic N) is 1. The SMILES string of the molecule is Cc1c(C(N)=O)c(=S)n(C)c2cc(C(F)(F)F)ccc12. The van der Waals surface area contributed by atoms with E-state index in [9.17, 15) is 18.0 Å². The van der Waals surface area contributed by atoms with Crippen LogP contribution in [0, 0.1) is 11.6 Å². The van der Waals surface area contributed by atoms with Crippen LogP contribution < -0.4 is 5.73 Å². The quantitative estimate of drug-likeness (QED) is 0.821. The lowest BCUT2D eigenvalue weighted by Gasteiger charge is -2.15. The Labute approximate surface area is 117 Å². The van der Waals surface area contributed by atoms with Crippen molar-refractivity contribution in [1.29, 1.82) is 0 Å². The van der Waals surface area contributed by atoms with Crippen LogP contribution >= 0.6 is 12.2 Å². The predicted octanol–water partition coefficient (Wildman–Crippen LogP) is 3.33. The average molecular weight is 300 g/mol. The molecule has 1 heterocycles. The van der Waals surface area contributed by atoms with Gasteiger partial charge >= 0.3 is 6.18 Å². The number of aryl methyl sites for hydroxylation is 2. The lowest BCUT2D eigenvalue weighted by atomic mass is 10.0. The molecule has 0 radical (unpaired) electrons. The second kappa shape index (κ2) is 4.59. The molecule has 1 aromatic heterocycles. The van der Waals surface area contributed by atoms with Crippen molar-refractivity contribution in [3.63, 3.8) is 0 Å². The van der Waals surface area contributed by atoms with Crippen LogP contribution in [-0.4, -0.2) is 10.5 Å². The highest BCUT2D eigenvalue weighted by Gasteiger charge is 2.31. The van der Waals surface area contributed by atoms with Gasteiger partial charge < -0.3 is 10.3 Å². The topological polar surface area (TPSA) is 48.0 Å². The Morgan fingerprint density at radius 1 is 1.35 bits per heavy atom. The summed E-state index contributed by atoms with van der Waals surface area (Å²) in [6.07, 6.45) is -4.43. The maximum atomic E-state index is 12.7. The summed E-state index contributed by atoms with van der Waals surface area (Å²) in [4.78, 5) is 11.4. The first-order valence-electron chi connectivity index (χ1n) is 5.65. The van der Waals surface area contributed by atoms with Crippen LogP contribution in [-0.2, 0) is 13.2 Å². The van der Waals surface area contributed by atoms with Crippen molar-refractivity contribution in [2.24, 2.45) is 12.8 Å². The Morgan fingerprint density at radius 3 is 2.45 bits per heavy atom. The molecule has 0 saturated heterocycles. The Balaban J connectivity index is 2.93. The molecule has 0 spiro atoms. The lowest BCUT2D eigenvalue weighted by Crippen LogP contribution is -2.17. The summed E-state index contributed by atoms with van der Waals surface area (Å²) in [5, 5.41) is 0.517. The van der Waals surface area contributed by atoms with Crippen molar-refractivity contribution < 1.29 is 18.0 Å². The van der Waals surface area contributed by atoms with E-state index in [1.165, 1.54) is 17.7 Å². The molecule has 0 atom stereocenters. The van der Waals surface area contributed by atoms with E-state index < -0.39 is 17.6 Å². The standard InChI is InChI=1S/C13H11F3N2OS/c1-6-8-4-3-7(13(14,15)16)5-9(8)18(2)12(20)10(6)11(17)19/h3-5H,1-2H3,(H2,17,19). The fourth-order valence-electron chi connectivity index (χ4n) is 2.16. The van der Waals surface area contributed by atoms with Crippen molar-refractivity contribution in [1.82, 2.24) is 4.57 Å². The molecule has 0 aliphatic carbocycles. The predicted molar refractivity (Wildman–Crippen MR) is 72.0 cm³/mol. The van der Waals surface area contributed by atoms with Gasteiger partial charge in [-0.15, -0.1) is 0 Å². The first-order chi connectivity index (χ1) is 9.14. The summed E-state index contributed by atoms with van der Waals surface area (Å²) in [5.41, 5.74) is 5.48. The van der Waals surface area contributed by atoms with Gasteiger partial charge in [-0.1, -0.05) is 18.3 Å². The highest BCUT2D eigenvalue weighted by atomic mass is 32.1. The van der Waals surface area contributed by atoms with Gasteiger partial charge in [0.2, 0.25) is 0 Å². The number of hydrogen-bond acceptors (Lipinski definition) is 2. The first-order valence-corrected chi connectivity index (χ1v) is 6.05. The molecule has 1 amide bonds. The second-order valence-corrected chi connectivity index (χ2v) is 4.84. The van der Waals surface area contributed by atoms with E-state index in [1.807, 2.05) is 0 Å². The van der Waals surface area contributed by atoms with Gasteiger partial charge in [0.15, 0.2) is 0 Å². The minimum Gasteiger partial charge on any atom is -0.365 e. The van der Waals surface area contributed by atoms with E-state index in [2.05, 4.69) is 0 Å². The summed E-state index contributed by atoms with van der Waals surface area (Å²) >= 11 is 5.10. The largest absolute Gasteiger partial charge is 0.416 e. The zero-order valence-corrected chi connectivity index (χ0v) is 11.5. The molecule has 2 N–H and O–H groups in total. The number of halogens is 3. The molecule has 20 heavy (non-hydrogen) atoms. The van der Waals surface area contributed by atoms with Gasteiger partial charge in [-0.25, -0.2) is 0 Å². The summed E-state index contributed by atoms with van der Waals surface area (Å²) in [5.74, 6) is -0.690. The van der Waals surface area contributed by atoms with Gasteiger partial charge in [-0.3, -0.25) is 4.79 Å². The Morgan fingerprint density at radius 2 is 1.95 bits per heavy atom. The number of hydrogen-bond donors (Lipinski definition) is 1. The number of alkyl halides is 3. The number of rotatable bonds is 1. The molecule has 7 heteroatoms. The van der Waals surface area contributed by atoms with Crippen molar-refractivity contribution in [2.75, 3.05) is 0 Å². The molecule has 2 aromatic rings. The van der Waals surface area contributed by atoms with Crippen LogP contribution in [0.4, 0.5) is 13.2 Å². The minimum atomic E-state index is -4.43. The van der Waals surface area contributed by atoms with Crippen molar-refractivity contribution in [3.8, 4) is 0 Å². The zero-order valence-electron chi connectivity index (χ0n) is 10.7. The van der Waals surface area contributed by atoms with Gasteiger partial charge in [0.25, 0.3) is 5.91 Å². The molecule has 2 rings (SSSR count). The van der Waals surface area contributed by atoms with Gasteiger partial charge in [-0.2, -0.15) is 13.2 Å². The van der Waals surface area contributed by atoms with Crippen LogP contribution in [0.2, 0.25) is 0 Å². The molecule has 0 aliphatic rings. The van der Waals surface area contributed by atoms with E-state index in [-0.39, 0.29) is 10.2 Å². The maximum absolute atomic E-state index is 12.7. The number of amides is 1.